The molecule has 0 bridgehead atoms. The monoisotopic (exact) mass is 467 g/mol. The summed E-state index contributed by atoms with van der Waals surface area (Å²) in [7, 11) is 3.30. The van der Waals surface area contributed by atoms with Crippen molar-refractivity contribution < 1.29 is 24.1 Å². The van der Waals surface area contributed by atoms with Gasteiger partial charge in [-0.15, -0.1) is 11.3 Å². The van der Waals surface area contributed by atoms with Gasteiger partial charge >= 0.3 is 0 Å². The fourth-order valence-corrected chi connectivity index (χ4v) is 5.15. The molecule has 4 rings (SSSR count). The number of carbonyl (C=O) groups is 1. The van der Waals surface area contributed by atoms with Gasteiger partial charge < -0.3 is 19.3 Å². The van der Waals surface area contributed by atoms with Gasteiger partial charge in [0.15, 0.2) is 17.3 Å². The van der Waals surface area contributed by atoms with Crippen molar-refractivity contribution in [3.63, 3.8) is 0 Å². The number of fused-ring (bicyclic) bond motifs is 1. The molecule has 2 heterocycles. The van der Waals surface area contributed by atoms with Crippen molar-refractivity contribution in [2.45, 2.75) is 25.5 Å². The molecule has 0 amide bonds. The van der Waals surface area contributed by atoms with Gasteiger partial charge in [-0.3, -0.25) is 9.69 Å². The van der Waals surface area contributed by atoms with E-state index in [-0.39, 0.29) is 18.4 Å². The van der Waals surface area contributed by atoms with E-state index in [9.17, 15) is 9.90 Å². The minimum Gasteiger partial charge on any atom is -0.493 e. The third kappa shape index (κ3) is 5.21. The van der Waals surface area contributed by atoms with Crippen LogP contribution in [0.5, 0.6) is 17.2 Å². The van der Waals surface area contributed by atoms with Gasteiger partial charge in [-0.2, -0.15) is 0 Å². The van der Waals surface area contributed by atoms with Crippen LogP contribution in [0.3, 0.4) is 0 Å². The summed E-state index contributed by atoms with van der Waals surface area (Å²) in [6, 6.07) is 15.3. The first kappa shape index (κ1) is 23.3. The highest BCUT2D eigenvalue weighted by atomic mass is 32.1. The zero-order valence-corrected chi connectivity index (χ0v) is 19.9. The van der Waals surface area contributed by atoms with E-state index in [0.717, 1.165) is 18.7 Å². The summed E-state index contributed by atoms with van der Waals surface area (Å²) in [6.45, 7) is 3.00. The molecule has 174 valence electrons. The lowest BCUT2D eigenvalue weighted by Crippen LogP contribution is -2.42. The number of hydrogen-bond donors (Lipinski definition) is 1. The summed E-state index contributed by atoms with van der Waals surface area (Å²) in [4.78, 5) is 15.0. The minimum atomic E-state index is -0.665. The van der Waals surface area contributed by atoms with E-state index in [1.807, 2.05) is 0 Å². The van der Waals surface area contributed by atoms with E-state index in [1.54, 1.807) is 49.8 Å². The summed E-state index contributed by atoms with van der Waals surface area (Å²) in [5.41, 5.74) is 3.05. The van der Waals surface area contributed by atoms with E-state index in [4.69, 9.17) is 14.2 Å². The summed E-state index contributed by atoms with van der Waals surface area (Å²) >= 11 is 1.71. The number of methoxy groups -OCH3 is 2. The summed E-state index contributed by atoms with van der Waals surface area (Å²) in [5, 5.41) is 12.9. The second kappa shape index (κ2) is 10.4. The first-order valence-corrected chi connectivity index (χ1v) is 11.8. The number of ether oxygens (including phenoxy) is 3. The van der Waals surface area contributed by atoms with E-state index in [2.05, 4.69) is 34.5 Å². The Labute approximate surface area is 198 Å². The van der Waals surface area contributed by atoms with Crippen LogP contribution < -0.4 is 14.2 Å². The topological polar surface area (TPSA) is 68.2 Å². The number of Topliss-reactive ketones (excluding diaryl/α,β-unsaturated/α-hetero) is 1. The van der Waals surface area contributed by atoms with Crippen LogP contribution in [-0.2, 0) is 6.42 Å². The molecule has 1 aliphatic rings. The van der Waals surface area contributed by atoms with E-state index in [1.165, 1.54) is 22.9 Å². The van der Waals surface area contributed by atoms with Crippen LogP contribution in [0.1, 0.15) is 39.3 Å². The van der Waals surface area contributed by atoms with Gasteiger partial charge in [0.05, 0.1) is 20.3 Å². The van der Waals surface area contributed by atoms with Crippen LogP contribution in [-0.4, -0.2) is 55.8 Å². The largest absolute Gasteiger partial charge is 0.493 e. The van der Waals surface area contributed by atoms with E-state index in [0.29, 0.717) is 23.6 Å². The van der Waals surface area contributed by atoms with Gasteiger partial charge in [-0.05, 0) is 72.3 Å². The Balaban J connectivity index is 1.50. The molecule has 0 aliphatic carbocycles. The first-order chi connectivity index (χ1) is 16.0. The van der Waals surface area contributed by atoms with Crippen LogP contribution in [0.25, 0.3) is 0 Å². The van der Waals surface area contributed by atoms with Gasteiger partial charge in [0.25, 0.3) is 0 Å². The molecule has 0 saturated heterocycles. The predicted octanol–water partition coefficient (Wildman–Crippen LogP) is 4.36. The molecular formula is C26H29NO5S. The smallest absolute Gasteiger partial charge is 0.161 e. The fraction of sp³-hybridized carbons (Fsp3) is 0.346. The molecule has 0 fully saturated rings. The van der Waals surface area contributed by atoms with Crippen molar-refractivity contribution in [3.05, 3.63) is 75.5 Å². The second-order valence-electron chi connectivity index (χ2n) is 8.11. The lowest BCUT2D eigenvalue weighted by atomic mass is 9.90. The van der Waals surface area contributed by atoms with Crippen molar-refractivity contribution in [2.75, 3.05) is 33.9 Å². The molecule has 0 unspecified atom stereocenters. The molecule has 2 atom stereocenters. The highest BCUT2D eigenvalue weighted by Crippen LogP contribution is 2.42. The molecule has 7 heteroatoms. The standard InChI is InChI=1S/C26H29NO5S/c1-17(28)18-6-8-21(9-7-18)32-16-20(29)15-27-11-10-19-13-23(30-2)24(31-3)14-22(19)26(27)25-5-4-12-33-25/h4-9,12-14,20,26,29H,10-11,15-16H2,1-3H3/t20-,26+/m1/s1. The summed E-state index contributed by atoms with van der Waals surface area (Å²) in [6.07, 6.45) is 0.194. The number of β-amino-alcohol motifs (C(OH)–C–C–N with tert-alkyl or cyclic N) is 1. The Morgan fingerprint density at radius 1 is 1.15 bits per heavy atom. The van der Waals surface area contributed by atoms with Crippen LogP contribution >= 0.6 is 11.3 Å². The Hall–Kier alpha value is -2.87. The Kier molecular flexibility index (Phi) is 7.33. The zero-order chi connectivity index (χ0) is 23.4. The molecule has 6 nitrogen and oxygen atoms in total. The third-order valence-electron chi connectivity index (χ3n) is 5.93. The van der Waals surface area contributed by atoms with Gasteiger partial charge in [0.2, 0.25) is 0 Å². The zero-order valence-electron chi connectivity index (χ0n) is 19.1. The normalized spacial score (nSPS) is 16.7. The summed E-state index contributed by atoms with van der Waals surface area (Å²) in [5.74, 6) is 2.09. The third-order valence-corrected chi connectivity index (χ3v) is 6.86. The van der Waals surface area contributed by atoms with Gasteiger partial charge in [0, 0.05) is 23.5 Å². The number of aliphatic hydroxyl groups excluding tert-OH is 1. The van der Waals surface area contributed by atoms with Crippen molar-refractivity contribution in [1.29, 1.82) is 0 Å². The molecule has 0 radical (unpaired) electrons. The Morgan fingerprint density at radius 3 is 2.52 bits per heavy atom. The maximum absolute atomic E-state index is 11.4. The first-order valence-electron chi connectivity index (χ1n) is 10.9. The molecule has 3 aromatic rings. The lowest BCUT2D eigenvalue weighted by molar-refractivity contribution is 0.0558. The van der Waals surface area contributed by atoms with Crippen molar-refractivity contribution in [1.82, 2.24) is 4.90 Å². The minimum absolute atomic E-state index is 0.0147. The Morgan fingerprint density at radius 2 is 1.88 bits per heavy atom. The molecule has 1 aliphatic heterocycles. The van der Waals surface area contributed by atoms with Crippen molar-refractivity contribution in [3.8, 4) is 17.2 Å². The van der Waals surface area contributed by atoms with Crippen LogP contribution in [0.4, 0.5) is 0 Å². The van der Waals surface area contributed by atoms with Gasteiger partial charge in [-0.25, -0.2) is 0 Å². The second-order valence-corrected chi connectivity index (χ2v) is 9.09. The van der Waals surface area contributed by atoms with Crippen LogP contribution in [0, 0.1) is 0 Å². The summed E-state index contributed by atoms with van der Waals surface area (Å²) < 4.78 is 16.9. The number of nitrogens with zero attached hydrogens (tertiary/aromatic N) is 1. The lowest BCUT2D eigenvalue weighted by Gasteiger charge is -2.38. The van der Waals surface area contributed by atoms with Crippen LogP contribution in [0.15, 0.2) is 53.9 Å². The SMILES string of the molecule is COc1cc2c(cc1OC)[C@@H](c1cccs1)N(C[C@@H](O)COc1ccc(C(C)=O)cc1)CC2. The van der Waals surface area contributed by atoms with Gasteiger partial charge in [0.1, 0.15) is 18.5 Å². The number of ketones is 1. The molecule has 0 spiro atoms. The molecule has 1 N–H and O–H groups in total. The molecule has 1 aromatic heterocycles. The highest BCUT2D eigenvalue weighted by molar-refractivity contribution is 7.10. The average molecular weight is 468 g/mol. The van der Waals surface area contributed by atoms with E-state index < -0.39 is 6.10 Å². The van der Waals surface area contributed by atoms with Crippen molar-refractivity contribution in [2.24, 2.45) is 0 Å². The maximum Gasteiger partial charge on any atom is 0.161 e. The quantitative estimate of drug-likeness (QED) is 0.472. The number of rotatable bonds is 9. The number of aliphatic hydroxyl groups is 1. The number of thiophene rings is 1. The van der Waals surface area contributed by atoms with E-state index >= 15 is 0 Å². The number of carbonyl (C=O) groups excluding carboxylic acids is 1. The molecule has 0 saturated carbocycles. The highest BCUT2D eigenvalue weighted by Gasteiger charge is 2.32. The molecular weight excluding hydrogens is 438 g/mol. The van der Waals surface area contributed by atoms with Crippen molar-refractivity contribution >= 4 is 17.1 Å². The molecule has 2 aromatic carbocycles. The number of hydrogen-bond acceptors (Lipinski definition) is 7. The number of benzene rings is 2. The maximum atomic E-state index is 11.4. The average Bonchev–Trinajstić information content (AvgIpc) is 3.36. The molecule has 33 heavy (non-hydrogen) atoms. The fourth-order valence-electron chi connectivity index (χ4n) is 4.28. The Bertz CT molecular complexity index is 1080. The van der Waals surface area contributed by atoms with Gasteiger partial charge in [-0.1, -0.05) is 6.07 Å². The predicted molar refractivity (Wildman–Crippen MR) is 129 cm³/mol. The van der Waals surface area contributed by atoms with Crippen LogP contribution in [0.2, 0.25) is 0 Å².